The Morgan fingerprint density at radius 3 is 2.83 bits per heavy atom. The number of hydrogen-bond acceptors (Lipinski definition) is 5. The van der Waals surface area contributed by atoms with Gasteiger partial charge in [-0.15, -0.1) is 0 Å². The van der Waals surface area contributed by atoms with Crippen molar-refractivity contribution in [2.24, 2.45) is 0 Å². The molecule has 184 valence electrons. The second-order valence-corrected chi connectivity index (χ2v) is 9.50. The molecule has 2 atom stereocenters. The molecule has 1 fully saturated rings. The third kappa shape index (κ3) is 4.33. The minimum absolute atomic E-state index is 0.221. The SMILES string of the molecule is CNC(=S)C1(c2ccc3nccn3c2)CCCCC1OC(=O)CNC(=O)c1cccc2ccccc12. The summed E-state index contributed by atoms with van der Waals surface area (Å²) in [5.41, 5.74) is 1.68. The van der Waals surface area contributed by atoms with Gasteiger partial charge >= 0.3 is 5.97 Å². The number of esters is 1. The molecule has 2 unspecified atom stereocenters. The quantitative estimate of drug-likeness (QED) is 0.305. The number of hydrogen-bond donors (Lipinski definition) is 2. The second-order valence-electron chi connectivity index (χ2n) is 9.09. The zero-order chi connectivity index (χ0) is 25.1. The van der Waals surface area contributed by atoms with Gasteiger partial charge in [-0.1, -0.05) is 61.1 Å². The van der Waals surface area contributed by atoms with Gasteiger partial charge in [-0.3, -0.25) is 9.59 Å². The molecule has 8 heteroatoms. The number of carbonyl (C=O) groups is 2. The summed E-state index contributed by atoms with van der Waals surface area (Å²) in [6.45, 7) is -0.221. The third-order valence-electron chi connectivity index (χ3n) is 7.07. The Balaban J connectivity index is 1.36. The summed E-state index contributed by atoms with van der Waals surface area (Å²) in [6, 6.07) is 17.2. The van der Waals surface area contributed by atoms with Crippen LogP contribution in [0.1, 0.15) is 41.6 Å². The highest BCUT2D eigenvalue weighted by molar-refractivity contribution is 7.80. The molecule has 2 aromatic heterocycles. The number of benzene rings is 2. The smallest absolute Gasteiger partial charge is 0.325 e. The van der Waals surface area contributed by atoms with Crippen LogP contribution in [0, 0.1) is 0 Å². The Hall–Kier alpha value is -3.78. The van der Waals surface area contributed by atoms with Crippen molar-refractivity contribution in [3.8, 4) is 0 Å². The molecule has 36 heavy (non-hydrogen) atoms. The van der Waals surface area contributed by atoms with Crippen molar-refractivity contribution in [1.82, 2.24) is 20.0 Å². The number of carbonyl (C=O) groups excluding carboxylic acids is 2. The largest absolute Gasteiger partial charge is 0.460 e. The zero-order valence-electron chi connectivity index (χ0n) is 20.1. The molecule has 1 amide bonds. The maximum Gasteiger partial charge on any atom is 0.325 e. The van der Waals surface area contributed by atoms with E-state index in [1.165, 1.54) is 0 Å². The standard InChI is InChI=1S/C28H28N4O3S/c1-29-27(36)28(20-12-13-24-30-15-16-32(24)18-20)14-5-4-11-23(28)35-25(33)17-31-26(34)22-10-6-8-19-7-2-3-9-21(19)22/h2-3,6-10,12-13,15-16,18,23H,4-5,11,14,17H2,1H3,(H,29,36)(H,31,34). The molecule has 2 heterocycles. The Labute approximate surface area is 214 Å². The summed E-state index contributed by atoms with van der Waals surface area (Å²) < 4.78 is 8.00. The maximum atomic E-state index is 13.0. The lowest BCUT2D eigenvalue weighted by molar-refractivity contribution is -0.151. The van der Waals surface area contributed by atoms with Crippen LogP contribution in [-0.4, -0.2) is 45.9 Å². The Bertz CT molecular complexity index is 1440. The first-order chi connectivity index (χ1) is 17.5. The van der Waals surface area contributed by atoms with Gasteiger partial charge in [-0.05, 0) is 47.7 Å². The van der Waals surface area contributed by atoms with E-state index in [1.54, 1.807) is 19.3 Å². The minimum atomic E-state index is -0.657. The molecule has 0 radical (unpaired) electrons. The monoisotopic (exact) mass is 500 g/mol. The topological polar surface area (TPSA) is 84.7 Å². The molecule has 0 saturated heterocycles. The van der Waals surface area contributed by atoms with Gasteiger partial charge in [0.25, 0.3) is 5.91 Å². The van der Waals surface area contributed by atoms with Gasteiger partial charge in [0.2, 0.25) is 0 Å². The number of thiocarbonyl (C=S) groups is 1. The number of nitrogens with one attached hydrogen (secondary N) is 2. The molecule has 1 aliphatic carbocycles. The van der Waals surface area contributed by atoms with Crippen molar-refractivity contribution in [2.75, 3.05) is 13.6 Å². The van der Waals surface area contributed by atoms with E-state index < -0.39 is 17.5 Å². The molecule has 0 aliphatic heterocycles. The number of likely N-dealkylation sites (N-methyl/N-ethyl adjacent to an activating group) is 1. The van der Waals surface area contributed by atoms with Gasteiger partial charge in [-0.25, -0.2) is 4.98 Å². The van der Waals surface area contributed by atoms with Crippen LogP contribution < -0.4 is 10.6 Å². The number of amides is 1. The maximum absolute atomic E-state index is 13.0. The summed E-state index contributed by atoms with van der Waals surface area (Å²) in [5, 5.41) is 7.70. The Morgan fingerprint density at radius 2 is 1.97 bits per heavy atom. The van der Waals surface area contributed by atoms with Crippen molar-refractivity contribution < 1.29 is 14.3 Å². The van der Waals surface area contributed by atoms with Gasteiger partial charge in [0.05, 0.1) is 10.4 Å². The normalized spacial score (nSPS) is 19.6. The summed E-state index contributed by atoms with van der Waals surface area (Å²) in [6.07, 6.45) is 8.55. The number of rotatable bonds is 6. The first-order valence-corrected chi connectivity index (χ1v) is 12.5. The average molecular weight is 501 g/mol. The summed E-state index contributed by atoms with van der Waals surface area (Å²) >= 11 is 5.82. The van der Waals surface area contributed by atoms with Crippen LogP contribution in [0.2, 0.25) is 0 Å². The van der Waals surface area contributed by atoms with Crippen LogP contribution in [0.15, 0.2) is 73.2 Å². The molecule has 5 rings (SSSR count). The number of fused-ring (bicyclic) bond motifs is 2. The van der Waals surface area contributed by atoms with Crippen LogP contribution in [0.4, 0.5) is 0 Å². The van der Waals surface area contributed by atoms with Gasteiger partial charge in [0.15, 0.2) is 0 Å². The molecular weight excluding hydrogens is 472 g/mol. The molecule has 1 aliphatic rings. The Morgan fingerprint density at radius 1 is 1.14 bits per heavy atom. The molecule has 4 aromatic rings. The van der Waals surface area contributed by atoms with Crippen molar-refractivity contribution in [3.05, 3.63) is 84.3 Å². The lowest BCUT2D eigenvalue weighted by atomic mass is 9.67. The molecule has 0 bridgehead atoms. The number of aromatic nitrogens is 2. The van der Waals surface area contributed by atoms with Crippen LogP contribution in [0.3, 0.4) is 0 Å². The lowest BCUT2D eigenvalue weighted by Gasteiger charge is -2.44. The number of pyridine rings is 1. The predicted molar refractivity (Wildman–Crippen MR) is 143 cm³/mol. The van der Waals surface area contributed by atoms with Crippen molar-refractivity contribution in [3.63, 3.8) is 0 Å². The van der Waals surface area contributed by atoms with E-state index >= 15 is 0 Å². The van der Waals surface area contributed by atoms with E-state index in [1.807, 2.05) is 65.3 Å². The second kappa shape index (κ2) is 10.1. The fourth-order valence-electron chi connectivity index (χ4n) is 5.30. The fourth-order valence-corrected chi connectivity index (χ4v) is 5.65. The molecule has 0 spiro atoms. The number of ether oxygens (including phenoxy) is 1. The third-order valence-corrected chi connectivity index (χ3v) is 7.64. The number of imidazole rings is 1. The van der Waals surface area contributed by atoms with Crippen LogP contribution in [-0.2, 0) is 14.9 Å². The summed E-state index contributed by atoms with van der Waals surface area (Å²) in [5.74, 6) is -0.794. The van der Waals surface area contributed by atoms with Crippen molar-refractivity contribution >= 4 is 45.5 Å². The van der Waals surface area contributed by atoms with Crippen molar-refractivity contribution in [2.45, 2.75) is 37.2 Å². The van der Waals surface area contributed by atoms with E-state index in [-0.39, 0.29) is 12.5 Å². The fraction of sp³-hybridized carbons (Fsp3) is 0.286. The summed E-state index contributed by atoms with van der Waals surface area (Å²) in [7, 11) is 1.80. The number of nitrogens with zero attached hydrogens (tertiary/aromatic N) is 2. The van der Waals surface area contributed by atoms with Crippen LogP contribution in [0.5, 0.6) is 0 Å². The first-order valence-electron chi connectivity index (χ1n) is 12.1. The van der Waals surface area contributed by atoms with E-state index in [9.17, 15) is 9.59 Å². The lowest BCUT2D eigenvalue weighted by Crippen LogP contribution is -2.54. The zero-order valence-corrected chi connectivity index (χ0v) is 20.9. The molecular formula is C28H28N4O3S. The van der Waals surface area contributed by atoms with Crippen LogP contribution >= 0.6 is 12.2 Å². The van der Waals surface area contributed by atoms with E-state index in [0.29, 0.717) is 17.0 Å². The van der Waals surface area contributed by atoms with Gasteiger partial charge in [0, 0.05) is 31.2 Å². The minimum Gasteiger partial charge on any atom is -0.460 e. The molecule has 7 nitrogen and oxygen atoms in total. The molecule has 2 N–H and O–H groups in total. The molecule has 2 aromatic carbocycles. The predicted octanol–water partition coefficient (Wildman–Crippen LogP) is 4.19. The highest BCUT2D eigenvalue weighted by Crippen LogP contribution is 2.42. The van der Waals surface area contributed by atoms with Crippen LogP contribution in [0.25, 0.3) is 16.4 Å². The van der Waals surface area contributed by atoms with Gasteiger partial charge < -0.3 is 19.8 Å². The highest BCUT2D eigenvalue weighted by Gasteiger charge is 2.48. The van der Waals surface area contributed by atoms with Crippen molar-refractivity contribution in [1.29, 1.82) is 0 Å². The summed E-state index contributed by atoms with van der Waals surface area (Å²) in [4.78, 5) is 30.9. The molecule has 1 saturated carbocycles. The highest BCUT2D eigenvalue weighted by atomic mass is 32.1. The average Bonchev–Trinajstić information content (AvgIpc) is 3.39. The Kier molecular flexibility index (Phi) is 6.69. The first kappa shape index (κ1) is 23.9. The van der Waals surface area contributed by atoms with Gasteiger partial charge in [0.1, 0.15) is 18.3 Å². The van der Waals surface area contributed by atoms with E-state index in [0.717, 1.165) is 41.2 Å². The van der Waals surface area contributed by atoms with Gasteiger partial charge in [-0.2, -0.15) is 0 Å². The van der Waals surface area contributed by atoms with E-state index in [4.69, 9.17) is 17.0 Å². The van der Waals surface area contributed by atoms with E-state index in [2.05, 4.69) is 15.6 Å².